The number of nitrogens with one attached hydrogen (secondary N) is 1. The lowest BCUT2D eigenvalue weighted by Gasteiger charge is -2.04. The number of thiophene rings is 1. The number of anilines is 1. The summed E-state index contributed by atoms with van der Waals surface area (Å²) in [4.78, 5) is 41.1. The zero-order valence-electron chi connectivity index (χ0n) is 14.1. The molecule has 0 saturated heterocycles. The van der Waals surface area contributed by atoms with E-state index in [1.165, 1.54) is 25.6 Å². The van der Waals surface area contributed by atoms with Gasteiger partial charge in [-0.05, 0) is 24.6 Å². The van der Waals surface area contributed by atoms with E-state index in [0.29, 0.717) is 11.1 Å². The number of thiazole rings is 1. The molecule has 1 amide bonds. The van der Waals surface area contributed by atoms with Gasteiger partial charge in [-0.25, -0.2) is 14.6 Å². The van der Waals surface area contributed by atoms with Crippen molar-refractivity contribution in [3.05, 3.63) is 45.3 Å². The predicted octanol–water partition coefficient (Wildman–Crippen LogP) is 3.49. The quantitative estimate of drug-likeness (QED) is 0.685. The summed E-state index contributed by atoms with van der Waals surface area (Å²) in [5.74, 6) is -1.69. The van der Waals surface area contributed by atoms with E-state index in [1.54, 1.807) is 6.92 Å². The maximum atomic E-state index is 12.6. The molecule has 0 saturated carbocycles. The van der Waals surface area contributed by atoms with Crippen LogP contribution in [0.4, 0.5) is 5.00 Å². The van der Waals surface area contributed by atoms with Gasteiger partial charge in [0, 0.05) is 0 Å². The lowest BCUT2D eigenvalue weighted by Crippen LogP contribution is -2.14. The average Bonchev–Trinajstić information content (AvgIpc) is 3.21. The normalized spacial score (nSPS) is 10.6. The molecule has 9 heteroatoms. The van der Waals surface area contributed by atoms with Crippen molar-refractivity contribution in [1.29, 1.82) is 0 Å². The molecule has 1 N–H and O–H groups in total. The minimum Gasteiger partial charge on any atom is -0.465 e. The Kier molecular flexibility index (Phi) is 5.01. The number of carbonyl (C=O) groups is 3. The number of amides is 1. The Balaban J connectivity index is 1.98. The van der Waals surface area contributed by atoms with E-state index in [4.69, 9.17) is 9.47 Å². The third-order valence-corrected chi connectivity index (χ3v) is 5.84. The van der Waals surface area contributed by atoms with E-state index in [9.17, 15) is 14.4 Å². The van der Waals surface area contributed by atoms with E-state index in [2.05, 4.69) is 10.3 Å². The molecular weight excluding hydrogens is 376 g/mol. The minimum absolute atomic E-state index is 0.132. The number of benzene rings is 1. The van der Waals surface area contributed by atoms with Gasteiger partial charge in [0.2, 0.25) is 0 Å². The van der Waals surface area contributed by atoms with Crippen LogP contribution in [0.2, 0.25) is 0 Å². The molecule has 1 aromatic carbocycles. The Morgan fingerprint density at radius 3 is 2.38 bits per heavy atom. The van der Waals surface area contributed by atoms with Crippen LogP contribution >= 0.6 is 22.7 Å². The van der Waals surface area contributed by atoms with Crippen LogP contribution in [-0.2, 0) is 9.47 Å². The lowest BCUT2D eigenvalue weighted by molar-refractivity contribution is 0.0601. The number of hydrogen-bond donors (Lipinski definition) is 1. The van der Waals surface area contributed by atoms with Crippen molar-refractivity contribution >= 4 is 55.7 Å². The highest BCUT2D eigenvalue weighted by molar-refractivity contribution is 7.21. The van der Waals surface area contributed by atoms with E-state index in [-0.39, 0.29) is 20.4 Å². The molecule has 26 heavy (non-hydrogen) atoms. The van der Waals surface area contributed by atoms with Crippen molar-refractivity contribution in [1.82, 2.24) is 4.98 Å². The third kappa shape index (κ3) is 3.18. The zero-order chi connectivity index (χ0) is 18.8. The summed E-state index contributed by atoms with van der Waals surface area (Å²) in [6.07, 6.45) is 0. The average molecular weight is 390 g/mol. The van der Waals surface area contributed by atoms with Crippen LogP contribution in [0, 0.1) is 6.92 Å². The molecule has 0 atom stereocenters. The van der Waals surface area contributed by atoms with Gasteiger partial charge in [0.05, 0.1) is 30.0 Å². The maximum absolute atomic E-state index is 12.6. The largest absolute Gasteiger partial charge is 0.465 e. The summed E-state index contributed by atoms with van der Waals surface area (Å²) in [5, 5.41) is 3.14. The molecule has 0 aliphatic rings. The van der Waals surface area contributed by atoms with Crippen molar-refractivity contribution in [3.63, 3.8) is 0 Å². The number of carbonyl (C=O) groups excluding carboxylic acids is 3. The lowest BCUT2D eigenvalue weighted by atomic mass is 10.1. The van der Waals surface area contributed by atoms with Crippen molar-refractivity contribution in [2.75, 3.05) is 19.5 Å². The van der Waals surface area contributed by atoms with Crippen LogP contribution < -0.4 is 5.32 Å². The Bertz CT molecular complexity index is 989. The summed E-state index contributed by atoms with van der Waals surface area (Å²) in [7, 11) is 2.48. The second-order valence-corrected chi connectivity index (χ2v) is 7.24. The number of esters is 2. The monoisotopic (exact) mass is 390 g/mol. The van der Waals surface area contributed by atoms with Crippen molar-refractivity contribution in [2.45, 2.75) is 6.92 Å². The molecule has 3 rings (SSSR count). The van der Waals surface area contributed by atoms with Gasteiger partial charge in [-0.3, -0.25) is 4.79 Å². The van der Waals surface area contributed by atoms with E-state index in [0.717, 1.165) is 16.0 Å². The second kappa shape index (κ2) is 7.22. The van der Waals surface area contributed by atoms with Crippen LogP contribution in [0.25, 0.3) is 10.2 Å². The molecule has 134 valence electrons. The van der Waals surface area contributed by atoms with Gasteiger partial charge in [0.15, 0.2) is 5.01 Å². The molecule has 0 spiro atoms. The molecule has 0 unspecified atom stereocenters. The van der Waals surface area contributed by atoms with Crippen LogP contribution in [0.15, 0.2) is 24.3 Å². The topological polar surface area (TPSA) is 94.6 Å². The highest BCUT2D eigenvalue weighted by Gasteiger charge is 2.27. The van der Waals surface area contributed by atoms with E-state index in [1.807, 2.05) is 24.3 Å². The first-order valence-corrected chi connectivity index (χ1v) is 9.06. The first kappa shape index (κ1) is 18.0. The van der Waals surface area contributed by atoms with Crippen LogP contribution in [0.1, 0.15) is 35.4 Å². The summed E-state index contributed by atoms with van der Waals surface area (Å²) in [6.45, 7) is 1.60. The van der Waals surface area contributed by atoms with Gasteiger partial charge in [-0.15, -0.1) is 22.7 Å². The number of fused-ring (bicyclic) bond motifs is 1. The van der Waals surface area contributed by atoms with Crippen molar-refractivity contribution < 1.29 is 23.9 Å². The molecule has 0 aliphatic carbocycles. The van der Waals surface area contributed by atoms with Crippen LogP contribution in [-0.4, -0.2) is 37.0 Å². The van der Waals surface area contributed by atoms with E-state index >= 15 is 0 Å². The Morgan fingerprint density at radius 2 is 1.73 bits per heavy atom. The first-order chi connectivity index (χ1) is 12.5. The van der Waals surface area contributed by atoms with Gasteiger partial charge < -0.3 is 14.8 Å². The molecular formula is C17H14N2O5S2. The highest BCUT2D eigenvalue weighted by Crippen LogP contribution is 2.35. The number of para-hydroxylation sites is 1. The fourth-order valence-electron chi connectivity index (χ4n) is 2.36. The summed E-state index contributed by atoms with van der Waals surface area (Å²) in [5.41, 5.74) is 1.24. The molecule has 3 aromatic rings. The van der Waals surface area contributed by atoms with Crippen LogP contribution in [0.3, 0.4) is 0 Å². The molecule has 2 heterocycles. The molecule has 0 bridgehead atoms. The number of rotatable bonds is 4. The Morgan fingerprint density at radius 1 is 1.04 bits per heavy atom. The number of nitrogens with zero attached hydrogens (tertiary/aromatic N) is 1. The summed E-state index contributed by atoms with van der Waals surface area (Å²) >= 11 is 2.20. The maximum Gasteiger partial charge on any atom is 0.348 e. The summed E-state index contributed by atoms with van der Waals surface area (Å²) in [6, 6.07) is 7.38. The molecule has 7 nitrogen and oxygen atoms in total. The molecule has 0 fully saturated rings. The Hall–Kier alpha value is -2.78. The number of aromatic nitrogens is 1. The highest BCUT2D eigenvalue weighted by atomic mass is 32.1. The minimum atomic E-state index is -0.645. The van der Waals surface area contributed by atoms with Gasteiger partial charge in [-0.1, -0.05) is 12.1 Å². The molecule has 2 aromatic heterocycles. The third-order valence-electron chi connectivity index (χ3n) is 3.62. The van der Waals surface area contributed by atoms with Crippen molar-refractivity contribution in [2.24, 2.45) is 0 Å². The van der Waals surface area contributed by atoms with Gasteiger partial charge in [0.25, 0.3) is 5.91 Å². The second-order valence-electron chi connectivity index (χ2n) is 5.18. The summed E-state index contributed by atoms with van der Waals surface area (Å²) < 4.78 is 10.4. The van der Waals surface area contributed by atoms with E-state index < -0.39 is 17.8 Å². The molecule has 0 aliphatic heterocycles. The first-order valence-electron chi connectivity index (χ1n) is 7.43. The number of hydrogen-bond acceptors (Lipinski definition) is 8. The zero-order valence-corrected chi connectivity index (χ0v) is 15.7. The van der Waals surface area contributed by atoms with Crippen LogP contribution in [0.5, 0.6) is 0 Å². The van der Waals surface area contributed by atoms with Gasteiger partial charge >= 0.3 is 11.9 Å². The SMILES string of the molecule is COC(=O)c1sc(NC(=O)c2nc3ccccc3s2)c(C(=O)OC)c1C. The van der Waals surface area contributed by atoms with Crippen molar-refractivity contribution in [3.8, 4) is 0 Å². The fraction of sp³-hybridized carbons (Fsp3) is 0.176. The predicted molar refractivity (Wildman–Crippen MR) is 99.3 cm³/mol. The smallest absolute Gasteiger partial charge is 0.348 e. The van der Waals surface area contributed by atoms with Gasteiger partial charge in [0.1, 0.15) is 9.88 Å². The number of methoxy groups -OCH3 is 2. The standard InChI is InChI=1S/C17H14N2O5S2/c1-8-11(16(21)23-2)14(26-12(8)17(22)24-3)19-13(20)15-18-9-6-4-5-7-10(9)25-15/h4-7H,1-3H3,(H,19,20). The molecule has 0 radical (unpaired) electrons. The Labute approximate surface area is 156 Å². The van der Waals surface area contributed by atoms with Gasteiger partial charge in [-0.2, -0.15) is 0 Å². The fourth-order valence-corrected chi connectivity index (χ4v) is 4.33. The number of ether oxygens (including phenoxy) is 2.